The van der Waals surface area contributed by atoms with Gasteiger partial charge in [0.05, 0.1) is 22.8 Å². The predicted octanol–water partition coefficient (Wildman–Crippen LogP) is 4.83. The number of hydrogen-bond donors (Lipinski definition) is 0. The predicted molar refractivity (Wildman–Crippen MR) is 139 cm³/mol. The zero-order valence-corrected chi connectivity index (χ0v) is 23.3. The summed E-state index contributed by atoms with van der Waals surface area (Å²) in [7, 11) is -1.89. The maximum atomic E-state index is 12.8. The fourth-order valence-corrected chi connectivity index (χ4v) is 6.89. The number of rotatable bonds is 7. The minimum Gasteiger partial charge on any atom is -0.493 e. The van der Waals surface area contributed by atoms with Gasteiger partial charge < -0.3 is 23.8 Å². The molecule has 2 aromatic rings. The van der Waals surface area contributed by atoms with E-state index in [0.29, 0.717) is 54.5 Å². The SMILES string of the molecule is COc1cc(S(=O)(=O)C2CC2)ccc1Oc1ncnc(OC2CC3CC[C@@H](C2)N3C(=O)OC(C)(C)C)c1C. The maximum Gasteiger partial charge on any atom is 0.410 e. The molecule has 1 aromatic heterocycles. The average Bonchev–Trinajstić information content (AvgIpc) is 3.66. The fraction of sp³-hybridized carbons (Fsp3) is 0.593. The summed E-state index contributed by atoms with van der Waals surface area (Å²) in [5.41, 5.74) is 0.0819. The molecule has 11 heteroatoms. The van der Waals surface area contributed by atoms with Crippen molar-refractivity contribution in [3.05, 3.63) is 30.1 Å². The summed E-state index contributed by atoms with van der Waals surface area (Å²) in [5.74, 6) is 1.36. The summed E-state index contributed by atoms with van der Waals surface area (Å²) in [5, 5.41) is -0.311. The molecular formula is C27H35N3O7S. The Morgan fingerprint density at radius 3 is 2.26 bits per heavy atom. The van der Waals surface area contributed by atoms with Crippen molar-refractivity contribution in [2.24, 2.45) is 0 Å². The maximum absolute atomic E-state index is 12.8. The summed E-state index contributed by atoms with van der Waals surface area (Å²) < 4.78 is 48.7. The van der Waals surface area contributed by atoms with Gasteiger partial charge in [-0.05, 0) is 65.5 Å². The Labute approximate surface area is 223 Å². The van der Waals surface area contributed by atoms with E-state index in [0.717, 1.165) is 12.8 Å². The lowest BCUT2D eigenvalue weighted by molar-refractivity contribution is -0.00773. The molecule has 0 spiro atoms. The third-order valence-corrected chi connectivity index (χ3v) is 9.46. The molecule has 1 aromatic carbocycles. The normalized spacial score (nSPS) is 23.2. The first-order valence-electron chi connectivity index (χ1n) is 13.1. The number of sulfone groups is 1. The third-order valence-electron chi connectivity index (χ3n) is 7.20. The summed E-state index contributed by atoms with van der Waals surface area (Å²) in [4.78, 5) is 23.5. The van der Waals surface area contributed by atoms with Crippen LogP contribution >= 0.6 is 0 Å². The van der Waals surface area contributed by atoms with Gasteiger partial charge >= 0.3 is 6.09 Å². The molecule has 38 heavy (non-hydrogen) atoms. The van der Waals surface area contributed by atoms with Crippen molar-refractivity contribution in [3.63, 3.8) is 0 Å². The molecule has 5 rings (SSSR count). The smallest absolute Gasteiger partial charge is 0.410 e. The quantitative estimate of drug-likeness (QED) is 0.482. The molecule has 0 N–H and O–H groups in total. The number of carbonyl (C=O) groups is 1. The number of ether oxygens (including phenoxy) is 4. The van der Waals surface area contributed by atoms with Crippen LogP contribution in [-0.2, 0) is 14.6 Å². The van der Waals surface area contributed by atoms with Crippen LogP contribution in [0.5, 0.6) is 23.3 Å². The van der Waals surface area contributed by atoms with Gasteiger partial charge in [0.2, 0.25) is 11.8 Å². The molecule has 3 atom stereocenters. The first-order valence-corrected chi connectivity index (χ1v) is 14.6. The summed E-state index contributed by atoms with van der Waals surface area (Å²) in [6.45, 7) is 7.44. The fourth-order valence-electron chi connectivity index (χ4n) is 5.22. The molecule has 2 aliphatic heterocycles. The lowest BCUT2D eigenvalue weighted by Crippen LogP contribution is -2.50. The lowest BCUT2D eigenvalue weighted by atomic mass is 10.00. The number of piperidine rings is 1. The standard InChI is InChI=1S/C27H35N3O7S/c1-16-24(35-19-12-17-6-7-18(13-19)30(17)26(31)37-27(2,3)4)28-15-29-25(16)36-22-11-10-21(14-23(22)34-5)38(32,33)20-8-9-20/h10-11,14-15,17-20H,6-9,12-13H2,1-5H3/t17-,18?,19?/m0/s1. The molecule has 206 valence electrons. The number of nitrogens with zero attached hydrogens (tertiary/aromatic N) is 3. The minimum atomic E-state index is -3.36. The molecule has 2 saturated heterocycles. The number of fused-ring (bicyclic) bond motifs is 2. The van der Waals surface area contributed by atoms with Gasteiger partial charge in [0, 0.05) is 31.0 Å². The Bertz CT molecular complexity index is 1310. The Morgan fingerprint density at radius 1 is 1.00 bits per heavy atom. The van der Waals surface area contributed by atoms with Crippen molar-refractivity contribution in [1.82, 2.24) is 14.9 Å². The molecule has 1 amide bonds. The largest absolute Gasteiger partial charge is 0.493 e. The van der Waals surface area contributed by atoms with Gasteiger partial charge in [-0.1, -0.05) is 0 Å². The highest BCUT2D eigenvalue weighted by Gasteiger charge is 2.46. The van der Waals surface area contributed by atoms with Gasteiger partial charge in [0.15, 0.2) is 21.3 Å². The highest BCUT2D eigenvalue weighted by Crippen LogP contribution is 2.41. The van der Waals surface area contributed by atoms with E-state index in [2.05, 4.69) is 9.97 Å². The second-order valence-corrected chi connectivity index (χ2v) is 13.5. The number of aromatic nitrogens is 2. The highest BCUT2D eigenvalue weighted by atomic mass is 32.2. The summed E-state index contributed by atoms with van der Waals surface area (Å²) in [6, 6.07) is 4.75. The summed E-state index contributed by atoms with van der Waals surface area (Å²) in [6.07, 6.45) is 5.62. The molecule has 10 nitrogen and oxygen atoms in total. The van der Waals surface area contributed by atoms with E-state index >= 15 is 0 Å². The van der Waals surface area contributed by atoms with Crippen molar-refractivity contribution in [2.75, 3.05) is 7.11 Å². The average molecular weight is 546 g/mol. The molecule has 1 saturated carbocycles. The second kappa shape index (κ2) is 9.91. The van der Waals surface area contributed by atoms with E-state index in [1.54, 1.807) is 6.07 Å². The number of benzene rings is 1. The Kier molecular flexibility index (Phi) is 6.91. The Hall–Kier alpha value is -3.08. The topological polar surface area (TPSA) is 117 Å². The number of amides is 1. The van der Waals surface area contributed by atoms with Gasteiger partial charge in [0.25, 0.3) is 0 Å². The van der Waals surface area contributed by atoms with E-state index < -0.39 is 15.4 Å². The van der Waals surface area contributed by atoms with Gasteiger partial charge in [0.1, 0.15) is 18.0 Å². The van der Waals surface area contributed by atoms with Crippen LogP contribution < -0.4 is 14.2 Å². The van der Waals surface area contributed by atoms with Crippen LogP contribution in [0.15, 0.2) is 29.4 Å². The zero-order chi connectivity index (χ0) is 27.2. The molecular weight excluding hydrogens is 510 g/mol. The van der Waals surface area contributed by atoms with Gasteiger partial charge in [-0.25, -0.2) is 23.2 Å². The zero-order valence-electron chi connectivity index (χ0n) is 22.5. The first-order chi connectivity index (χ1) is 18.0. The van der Waals surface area contributed by atoms with Gasteiger partial charge in [-0.3, -0.25) is 0 Å². The van der Waals surface area contributed by atoms with Crippen molar-refractivity contribution in [2.45, 2.75) is 100 Å². The Balaban J connectivity index is 1.29. The van der Waals surface area contributed by atoms with E-state index in [9.17, 15) is 13.2 Å². The van der Waals surface area contributed by atoms with Gasteiger partial charge in [-0.15, -0.1) is 0 Å². The second-order valence-electron chi connectivity index (χ2n) is 11.3. The minimum absolute atomic E-state index is 0.0705. The van der Waals surface area contributed by atoms with Crippen LogP contribution in [0.2, 0.25) is 0 Å². The number of methoxy groups -OCH3 is 1. The van der Waals surface area contributed by atoms with Crippen LogP contribution in [0.1, 0.15) is 64.9 Å². The molecule has 3 fully saturated rings. The molecule has 3 heterocycles. The lowest BCUT2D eigenvalue weighted by Gasteiger charge is -2.39. The van der Waals surface area contributed by atoms with Crippen molar-refractivity contribution in [3.8, 4) is 23.3 Å². The van der Waals surface area contributed by atoms with Crippen LogP contribution in [0.4, 0.5) is 4.79 Å². The summed E-state index contributed by atoms with van der Waals surface area (Å²) >= 11 is 0. The monoisotopic (exact) mass is 545 g/mol. The molecule has 3 aliphatic rings. The van der Waals surface area contributed by atoms with E-state index in [1.165, 1.54) is 25.6 Å². The van der Waals surface area contributed by atoms with E-state index in [1.807, 2.05) is 32.6 Å². The first kappa shape index (κ1) is 26.5. The molecule has 2 unspecified atom stereocenters. The Morgan fingerprint density at radius 2 is 1.66 bits per heavy atom. The van der Waals surface area contributed by atoms with Crippen molar-refractivity contribution >= 4 is 15.9 Å². The molecule has 0 radical (unpaired) electrons. The van der Waals surface area contributed by atoms with E-state index in [4.69, 9.17) is 18.9 Å². The molecule has 2 bridgehead atoms. The van der Waals surface area contributed by atoms with Crippen LogP contribution in [0.25, 0.3) is 0 Å². The van der Waals surface area contributed by atoms with Crippen LogP contribution in [0.3, 0.4) is 0 Å². The van der Waals surface area contributed by atoms with Gasteiger partial charge in [-0.2, -0.15) is 0 Å². The van der Waals surface area contributed by atoms with Crippen LogP contribution in [0, 0.1) is 6.92 Å². The van der Waals surface area contributed by atoms with E-state index in [-0.39, 0.29) is 34.4 Å². The van der Waals surface area contributed by atoms with Crippen molar-refractivity contribution < 1.29 is 32.2 Å². The highest BCUT2D eigenvalue weighted by molar-refractivity contribution is 7.92. The number of carbonyl (C=O) groups excluding carboxylic acids is 1. The molecule has 1 aliphatic carbocycles. The number of hydrogen-bond acceptors (Lipinski definition) is 9. The van der Waals surface area contributed by atoms with Crippen molar-refractivity contribution in [1.29, 1.82) is 0 Å². The van der Waals surface area contributed by atoms with Crippen LogP contribution in [-0.4, -0.2) is 65.5 Å². The third kappa shape index (κ3) is 5.39.